The average molecular weight is 358 g/mol. The fourth-order valence-electron chi connectivity index (χ4n) is 2.83. The third-order valence-electron chi connectivity index (χ3n) is 4.26. The molecule has 0 saturated heterocycles. The molecule has 0 N–H and O–H groups in total. The van der Waals surface area contributed by atoms with E-state index in [9.17, 15) is 4.39 Å². The second kappa shape index (κ2) is 6.84. The highest BCUT2D eigenvalue weighted by Crippen LogP contribution is 2.22. The molecule has 4 aromatic rings. The molecule has 0 aliphatic carbocycles. The molecule has 0 radical (unpaired) electrons. The van der Waals surface area contributed by atoms with Crippen LogP contribution in [0.25, 0.3) is 16.9 Å². The SMILES string of the molecule is CN(Cc1ccc(F)nc1)c1ccc2ncc(-c3ccc(C#N)cc3)n2n1. The summed E-state index contributed by atoms with van der Waals surface area (Å²) < 4.78 is 14.7. The minimum Gasteiger partial charge on any atom is -0.354 e. The molecule has 0 atom stereocenters. The van der Waals surface area contributed by atoms with Gasteiger partial charge in [0.2, 0.25) is 5.95 Å². The van der Waals surface area contributed by atoms with E-state index in [-0.39, 0.29) is 0 Å². The van der Waals surface area contributed by atoms with Gasteiger partial charge in [-0.1, -0.05) is 18.2 Å². The molecule has 0 fully saturated rings. The average Bonchev–Trinajstić information content (AvgIpc) is 3.13. The molecule has 4 rings (SSSR count). The van der Waals surface area contributed by atoms with E-state index < -0.39 is 5.95 Å². The highest BCUT2D eigenvalue weighted by atomic mass is 19.1. The van der Waals surface area contributed by atoms with Crippen LogP contribution in [0.5, 0.6) is 0 Å². The van der Waals surface area contributed by atoms with Crippen molar-refractivity contribution in [2.24, 2.45) is 0 Å². The molecule has 0 aliphatic heterocycles. The first-order valence-corrected chi connectivity index (χ1v) is 8.31. The third kappa shape index (κ3) is 3.33. The van der Waals surface area contributed by atoms with Crippen molar-refractivity contribution in [3.05, 3.63) is 78.0 Å². The van der Waals surface area contributed by atoms with Gasteiger partial charge in [-0.2, -0.15) is 9.65 Å². The zero-order valence-electron chi connectivity index (χ0n) is 14.5. The number of nitriles is 1. The summed E-state index contributed by atoms with van der Waals surface area (Å²) in [6.45, 7) is 0.548. The zero-order chi connectivity index (χ0) is 18.8. The predicted octanol–water partition coefficient (Wildman–Crippen LogP) is 3.44. The molecule has 6 nitrogen and oxygen atoms in total. The summed E-state index contributed by atoms with van der Waals surface area (Å²) in [6, 6.07) is 16.3. The van der Waals surface area contributed by atoms with Crippen molar-refractivity contribution in [1.29, 1.82) is 5.26 Å². The van der Waals surface area contributed by atoms with Crippen LogP contribution in [0.1, 0.15) is 11.1 Å². The van der Waals surface area contributed by atoms with E-state index in [1.807, 2.05) is 36.2 Å². The fraction of sp³-hybridized carbons (Fsp3) is 0.100. The summed E-state index contributed by atoms with van der Waals surface area (Å²) >= 11 is 0. The molecule has 0 aliphatic rings. The van der Waals surface area contributed by atoms with E-state index >= 15 is 0 Å². The van der Waals surface area contributed by atoms with E-state index in [2.05, 4.69) is 21.1 Å². The van der Waals surface area contributed by atoms with Gasteiger partial charge in [0, 0.05) is 25.4 Å². The van der Waals surface area contributed by atoms with Gasteiger partial charge in [-0.25, -0.2) is 14.5 Å². The summed E-state index contributed by atoms with van der Waals surface area (Å²) in [5.41, 5.74) is 3.99. The first-order valence-electron chi connectivity index (χ1n) is 8.31. The molecule has 1 aromatic carbocycles. The third-order valence-corrected chi connectivity index (χ3v) is 4.26. The van der Waals surface area contributed by atoms with Crippen molar-refractivity contribution < 1.29 is 4.39 Å². The number of hydrogen-bond acceptors (Lipinski definition) is 5. The standard InChI is InChI=1S/C20H15FN6/c1-26(13-15-4-7-18(21)23-11-15)20-9-8-19-24-12-17(27(19)25-20)16-5-2-14(10-22)3-6-16/h2-9,11-12H,13H2,1H3. The predicted molar refractivity (Wildman–Crippen MR) is 99.4 cm³/mol. The highest BCUT2D eigenvalue weighted by molar-refractivity contribution is 5.64. The van der Waals surface area contributed by atoms with Crippen LogP contribution in [0.4, 0.5) is 10.2 Å². The Morgan fingerprint density at radius 3 is 2.56 bits per heavy atom. The lowest BCUT2D eigenvalue weighted by Crippen LogP contribution is -2.19. The first kappa shape index (κ1) is 16.7. The van der Waals surface area contributed by atoms with Crippen molar-refractivity contribution in [2.45, 2.75) is 6.54 Å². The maximum Gasteiger partial charge on any atom is 0.212 e. The summed E-state index contributed by atoms with van der Waals surface area (Å²) in [5, 5.41) is 13.6. The van der Waals surface area contributed by atoms with Crippen molar-refractivity contribution in [3.63, 3.8) is 0 Å². The second-order valence-electron chi connectivity index (χ2n) is 6.14. The molecule has 27 heavy (non-hydrogen) atoms. The van der Waals surface area contributed by atoms with Crippen LogP contribution >= 0.6 is 0 Å². The molecule has 0 saturated carbocycles. The Labute approximate surface area is 155 Å². The first-order chi connectivity index (χ1) is 13.1. The Bertz CT molecular complexity index is 1130. The fourth-order valence-corrected chi connectivity index (χ4v) is 2.83. The van der Waals surface area contributed by atoms with Gasteiger partial charge in [-0.05, 0) is 35.9 Å². The van der Waals surface area contributed by atoms with Gasteiger partial charge in [0.05, 0.1) is 23.5 Å². The van der Waals surface area contributed by atoms with E-state index in [1.165, 1.54) is 12.3 Å². The number of anilines is 1. The largest absolute Gasteiger partial charge is 0.354 e. The normalized spacial score (nSPS) is 10.7. The van der Waals surface area contributed by atoms with Gasteiger partial charge >= 0.3 is 0 Å². The molecule has 0 bridgehead atoms. The number of aromatic nitrogens is 4. The van der Waals surface area contributed by atoms with Gasteiger partial charge < -0.3 is 4.90 Å². The van der Waals surface area contributed by atoms with Gasteiger partial charge in [0.25, 0.3) is 0 Å². The Morgan fingerprint density at radius 1 is 1.04 bits per heavy atom. The summed E-state index contributed by atoms with van der Waals surface area (Å²) in [7, 11) is 1.91. The number of hydrogen-bond donors (Lipinski definition) is 0. The number of benzene rings is 1. The number of imidazole rings is 1. The van der Waals surface area contributed by atoms with Crippen LogP contribution in [-0.4, -0.2) is 26.6 Å². The molecule has 0 amide bonds. The second-order valence-corrected chi connectivity index (χ2v) is 6.14. The summed E-state index contributed by atoms with van der Waals surface area (Å²) in [6.07, 6.45) is 3.28. The highest BCUT2D eigenvalue weighted by Gasteiger charge is 2.11. The Hall–Kier alpha value is -3.79. The molecule has 7 heteroatoms. The number of fused-ring (bicyclic) bond motifs is 1. The van der Waals surface area contributed by atoms with Crippen molar-refractivity contribution >= 4 is 11.5 Å². The van der Waals surface area contributed by atoms with Gasteiger partial charge in [-0.15, -0.1) is 5.10 Å². The molecule has 3 heterocycles. The lowest BCUT2D eigenvalue weighted by Gasteiger charge is -2.18. The van der Waals surface area contributed by atoms with Crippen LogP contribution in [-0.2, 0) is 6.54 Å². The Balaban J connectivity index is 1.66. The molecule has 0 spiro atoms. The van der Waals surface area contributed by atoms with Crippen LogP contribution in [0.15, 0.2) is 60.9 Å². The van der Waals surface area contributed by atoms with Crippen LogP contribution in [0.2, 0.25) is 0 Å². The maximum atomic E-state index is 13.0. The summed E-state index contributed by atoms with van der Waals surface area (Å²) in [4.78, 5) is 10.0. The van der Waals surface area contributed by atoms with Gasteiger partial charge in [0.1, 0.15) is 5.82 Å². The van der Waals surface area contributed by atoms with E-state index in [1.54, 1.807) is 28.9 Å². The molecular formula is C20H15FN6. The van der Waals surface area contributed by atoms with Gasteiger partial charge in [-0.3, -0.25) is 0 Å². The number of halogens is 1. The zero-order valence-corrected chi connectivity index (χ0v) is 14.5. The minimum atomic E-state index is -0.494. The molecule has 132 valence electrons. The van der Waals surface area contributed by atoms with E-state index in [4.69, 9.17) is 5.26 Å². The number of nitrogens with zero attached hydrogens (tertiary/aromatic N) is 6. The number of rotatable bonds is 4. The number of pyridine rings is 1. The van der Waals surface area contributed by atoms with Crippen LogP contribution in [0.3, 0.4) is 0 Å². The van der Waals surface area contributed by atoms with Crippen molar-refractivity contribution in [2.75, 3.05) is 11.9 Å². The summed E-state index contributed by atoms with van der Waals surface area (Å²) in [5.74, 6) is 0.256. The molecule has 3 aromatic heterocycles. The smallest absolute Gasteiger partial charge is 0.212 e. The Kier molecular flexibility index (Phi) is 4.22. The van der Waals surface area contributed by atoms with E-state index in [0.717, 1.165) is 28.3 Å². The van der Waals surface area contributed by atoms with Crippen LogP contribution in [0, 0.1) is 17.3 Å². The van der Waals surface area contributed by atoms with Crippen molar-refractivity contribution in [3.8, 4) is 17.3 Å². The minimum absolute atomic E-state index is 0.494. The maximum absolute atomic E-state index is 13.0. The molecular weight excluding hydrogens is 343 g/mol. The lowest BCUT2D eigenvalue weighted by molar-refractivity contribution is 0.582. The van der Waals surface area contributed by atoms with E-state index in [0.29, 0.717) is 12.1 Å². The topological polar surface area (TPSA) is 70.1 Å². The van der Waals surface area contributed by atoms with Crippen LogP contribution < -0.4 is 4.90 Å². The van der Waals surface area contributed by atoms with Crippen molar-refractivity contribution in [1.82, 2.24) is 19.6 Å². The molecule has 0 unspecified atom stereocenters. The van der Waals surface area contributed by atoms with Gasteiger partial charge in [0.15, 0.2) is 5.65 Å². The lowest BCUT2D eigenvalue weighted by atomic mass is 10.1. The Morgan fingerprint density at radius 2 is 1.85 bits per heavy atom. The quantitative estimate of drug-likeness (QED) is 0.523. The monoisotopic (exact) mass is 358 g/mol.